The van der Waals surface area contributed by atoms with Crippen molar-refractivity contribution in [3.8, 4) is 11.3 Å². The Kier molecular flexibility index (Phi) is 3.74. The molecule has 2 rings (SSSR count). The van der Waals surface area contributed by atoms with Crippen LogP contribution in [0, 0.1) is 0 Å². The average Bonchev–Trinajstić information content (AvgIpc) is 2.75. The summed E-state index contributed by atoms with van der Waals surface area (Å²) in [5, 5.41) is 0. The van der Waals surface area contributed by atoms with E-state index in [2.05, 4.69) is 20.9 Å². The van der Waals surface area contributed by atoms with Crippen LogP contribution in [0.5, 0.6) is 0 Å². The Bertz CT molecular complexity index is 468. The van der Waals surface area contributed by atoms with Crippen molar-refractivity contribution in [1.29, 1.82) is 0 Å². The van der Waals surface area contributed by atoms with Crippen LogP contribution in [0.4, 0.5) is 0 Å². The third kappa shape index (κ3) is 2.71. The highest BCUT2D eigenvalue weighted by Gasteiger charge is 2.05. The molecule has 1 aromatic carbocycles. The molecule has 0 bridgehead atoms. The summed E-state index contributed by atoms with van der Waals surface area (Å²) < 4.78 is 6.42. The van der Waals surface area contributed by atoms with E-state index in [1.165, 1.54) is 0 Å². The second kappa shape index (κ2) is 5.27. The number of aromatic nitrogens is 1. The highest BCUT2D eigenvalue weighted by molar-refractivity contribution is 9.10. The smallest absolute Gasteiger partial charge is 0.194 e. The van der Waals surface area contributed by atoms with Gasteiger partial charge in [0.05, 0.1) is 0 Å². The SMILES string of the molecule is NCCCc1nc(-c2cccc(Br)c2)co1. The Balaban J connectivity index is 2.18. The van der Waals surface area contributed by atoms with Gasteiger partial charge in [-0.15, -0.1) is 0 Å². The van der Waals surface area contributed by atoms with E-state index in [0.717, 1.165) is 34.5 Å². The maximum Gasteiger partial charge on any atom is 0.194 e. The number of nitrogens with two attached hydrogens (primary N) is 1. The second-order valence-corrected chi connectivity index (χ2v) is 4.44. The number of hydrogen-bond donors (Lipinski definition) is 1. The lowest BCUT2D eigenvalue weighted by molar-refractivity contribution is 0.488. The largest absolute Gasteiger partial charge is 0.448 e. The van der Waals surface area contributed by atoms with E-state index in [9.17, 15) is 0 Å². The molecule has 0 unspecified atom stereocenters. The first-order chi connectivity index (χ1) is 7.79. The molecule has 0 aliphatic heterocycles. The Labute approximate surface area is 103 Å². The van der Waals surface area contributed by atoms with E-state index in [1.807, 2.05) is 24.3 Å². The molecule has 2 aromatic rings. The first-order valence-electron chi connectivity index (χ1n) is 5.20. The summed E-state index contributed by atoms with van der Waals surface area (Å²) >= 11 is 3.43. The quantitative estimate of drug-likeness (QED) is 0.937. The monoisotopic (exact) mass is 280 g/mol. The summed E-state index contributed by atoms with van der Waals surface area (Å²) in [6.07, 6.45) is 3.39. The number of rotatable bonds is 4. The highest BCUT2D eigenvalue weighted by atomic mass is 79.9. The zero-order valence-corrected chi connectivity index (χ0v) is 10.4. The molecule has 0 spiro atoms. The number of benzene rings is 1. The summed E-state index contributed by atoms with van der Waals surface area (Å²) in [6.45, 7) is 0.661. The van der Waals surface area contributed by atoms with Gasteiger partial charge in [-0.25, -0.2) is 4.98 Å². The van der Waals surface area contributed by atoms with Gasteiger partial charge >= 0.3 is 0 Å². The second-order valence-electron chi connectivity index (χ2n) is 3.53. The van der Waals surface area contributed by atoms with Gasteiger partial charge in [-0.3, -0.25) is 0 Å². The summed E-state index contributed by atoms with van der Waals surface area (Å²) in [7, 11) is 0. The summed E-state index contributed by atoms with van der Waals surface area (Å²) in [6, 6.07) is 7.99. The minimum absolute atomic E-state index is 0.661. The van der Waals surface area contributed by atoms with Gasteiger partial charge in [0.15, 0.2) is 5.89 Å². The van der Waals surface area contributed by atoms with Crippen molar-refractivity contribution >= 4 is 15.9 Å². The van der Waals surface area contributed by atoms with Crippen LogP contribution in [0.25, 0.3) is 11.3 Å². The van der Waals surface area contributed by atoms with Crippen molar-refractivity contribution in [2.75, 3.05) is 6.54 Å². The average molecular weight is 281 g/mol. The molecule has 2 N–H and O–H groups in total. The van der Waals surface area contributed by atoms with E-state index < -0.39 is 0 Å². The Morgan fingerprint density at radius 1 is 1.38 bits per heavy atom. The standard InChI is InChI=1S/C12H13BrN2O/c13-10-4-1-3-9(7-10)11-8-16-12(15-11)5-2-6-14/h1,3-4,7-8H,2,5-6,14H2. The molecule has 84 valence electrons. The lowest BCUT2D eigenvalue weighted by Crippen LogP contribution is -2.00. The highest BCUT2D eigenvalue weighted by Crippen LogP contribution is 2.22. The van der Waals surface area contributed by atoms with Crippen molar-refractivity contribution in [2.24, 2.45) is 5.73 Å². The van der Waals surface area contributed by atoms with E-state index in [1.54, 1.807) is 6.26 Å². The molecule has 0 aliphatic carbocycles. The van der Waals surface area contributed by atoms with E-state index in [-0.39, 0.29) is 0 Å². The Hall–Kier alpha value is -1.13. The van der Waals surface area contributed by atoms with E-state index in [4.69, 9.17) is 10.2 Å². The zero-order valence-electron chi connectivity index (χ0n) is 8.82. The fraction of sp³-hybridized carbons (Fsp3) is 0.250. The molecule has 4 heteroatoms. The zero-order chi connectivity index (χ0) is 11.4. The molecule has 0 saturated carbocycles. The summed E-state index contributed by atoms with van der Waals surface area (Å²) in [4.78, 5) is 4.42. The van der Waals surface area contributed by atoms with Crippen molar-refractivity contribution in [2.45, 2.75) is 12.8 Å². The van der Waals surface area contributed by atoms with Crippen LogP contribution < -0.4 is 5.73 Å². The molecule has 1 aromatic heterocycles. The molecule has 1 heterocycles. The minimum atomic E-state index is 0.661. The van der Waals surface area contributed by atoms with Crippen LogP contribution in [0.15, 0.2) is 39.4 Å². The van der Waals surface area contributed by atoms with Crippen LogP contribution in [0.3, 0.4) is 0 Å². The Morgan fingerprint density at radius 3 is 3.00 bits per heavy atom. The number of oxazole rings is 1. The van der Waals surface area contributed by atoms with Gasteiger partial charge in [-0.2, -0.15) is 0 Å². The van der Waals surface area contributed by atoms with Crippen LogP contribution in [-0.4, -0.2) is 11.5 Å². The number of nitrogens with zero attached hydrogens (tertiary/aromatic N) is 1. The first-order valence-corrected chi connectivity index (χ1v) is 5.99. The van der Waals surface area contributed by atoms with Crippen LogP contribution in [0.2, 0.25) is 0 Å². The molecule has 0 atom stereocenters. The predicted molar refractivity (Wildman–Crippen MR) is 67.0 cm³/mol. The third-order valence-corrected chi connectivity index (χ3v) is 2.76. The van der Waals surface area contributed by atoms with E-state index in [0.29, 0.717) is 6.54 Å². The fourth-order valence-corrected chi connectivity index (χ4v) is 1.86. The molecule has 16 heavy (non-hydrogen) atoms. The molecule has 0 radical (unpaired) electrons. The van der Waals surface area contributed by atoms with Gasteiger partial charge in [0.2, 0.25) is 0 Å². The number of hydrogen-bond acceptors (Lipinski definition) is 3. The van der Waals surface area contributed by atoms with Gasteiger partial charge < -0.3 is 10.2 Å². The fourth-order valence-electron chi connectivity index (χ4n) is 1.46. The molecule has 0 saturated heterocycles. The third-order valence-electron chi connectivity index (χ3n) is 2.27. The summed E-state index contributed by atoms with van der Waals surface area (Å²) in [5.41, 5.74) is 7.36. The van der Waals surface area contributed by atoms with Gasteiger partial charge in [0.1, 0.15) is 12.0 Å². The van der Waals surface area contributed by atoms with Crippen LogP contribution in [0.1, 0.15) is 12.3 Å². The maximum atomic E-state index is 5.44. The Morgan fingerprint density at radius 2 is 2.25 bits per heavy atom. The van der Waals surface area contributed by atoms with Gasteiger partial charge in [0.25, 0.3) is 0 Å². The normalized spacial score (nSPS) is 10.6. The molecule has 0 fully saturated rings. The van der Waals surface area contributed by atoms with Crippen LogP contribution in [-0.2, 0) is 6.42 Å². The van der Waals surface area contributed by atoms with E-state index >= 15 is 0 Å². The van der Waals surface area contributed by atoms with Gasteiger partial charge in [-0.1, -0.05) is 28.1 Å². The molecule has 3 nitrogen and oxygen atoms in total. The van der Waals surface area contributed by atoms with Crippen molar-refractivity contribution < 1.29 is 4.42 Å². The minimum Gasteiger partial charge on any atom is -0.448 e. The number of aryl methyl sites for hydroxylation is 1. The molecule has 0 aliphatic rings. The molecule has 0 amide bonds. The van der Waals surface area contributed by atoms with Gasteiger partial charge in [0, 0.05) is 16.5 Å². The van der Waals surface area contributed by atoms with Crippen molar-refractivity contribution in [1.82, 2.24) is 4.98 Å². The number of halogens is 1. The van der Waals surface area contributed by atoms with Crippen molar-refractivity contribution in [3.05, 3.63) is 40.9 Å². The van der Waals surface area contributed by atoms with Crippen molar-refractivity contribution in [3.63, 3.8) is 0 Å². The molecular formula is C12H13BrN2O. The lowest BCUT2D eigenvalue weighted by atomic mass is 10.2. The maximum absolute atomic E-state index is 5.44. The lowest BCUT2D eigenvalue weighted by Gasteiger charge is -1.95. The molecular weight excluding hydrogens is 268 g/mol. The first kappa shape index (κ1) is 11.4. The predicted octanol–water partition coefficient (Wildman–Crippen LogP) is 3.00. The van der Waals surface area contributed by atoms with Crippen LogP contribution >= 0.6 is 15.9 Å². The summed E-state index contributed by atoms with van der Waals surface area (Å²) in [5.74, 6) is 0.750. The topological polar surface area (TPSA) is 52.0 Å². The van der Waals surface area contributed by atoms with Gasteiger partial charge in [-0.05, 0) is 25.1 Å².